The van der Waals surface area contributed by atoms with Crippen LogP contribution in [0.5, 0.6) is 11.8 Å². The number of amides is 1. The lowest BCUT2D eigenvalue weighted by molar-refractivity contribution is -0.130. The fourth-order valence-corrected chi connectivity index (χ4v) is 3.41. The maximum Gasteiger partial charge on any atom is 0.278 e. The lowest BCUT2D eigenvalue weighted by Crippen LogP contribution is -2.45. The second-order valence-electron chi connectivity index (χ2n) is 5.56. The fourth-order valence-electron chi connectivity index (χ4n) is 2.62. The van der Waals surface area contributed by atoms with Crippen LogP contribution in [0.2, 0.25) is 0 Å². The summed E-state index contributed by atoms with van der Waals surface area (Å²) in [5.41, 5.74) is 0. The highest BCUT2D eigenvalue weighted by Crippen LogP contribution is 2.24. The SMILES string of the molecule is COc1nccnc1OC1CCCN(C(=O)CSc2ccncc2)C1. The first-order valence-corrected chi connectivity index (χ1v) is 9.07. The van der Waals surface area contributed by atoms with Crippen LogP contribution in [0.4, 0.5) is 0 Å². The molecule has 1 aliphatic heterocycles. The molecule has 0 radical (unpaired) electrons. The van der Waals surface area contributed by atoms with E-state index in [0.717, 1.165) is 24.3 Å². The first-order chi connectivity index (χ1) is 12.3. The van der Waals surface area contributed by atoms with Crippen LogP contribution in [0, 0.1) is 0 Å². The van der Waals surface area contributed by atoms with E-state index < -0.39 is 0 Å². The van der Waals surface area contributed by atoms with E-state index >= 15 is 0 Å². The van der Waals surface area contributed by atoms with Crippen molar-refractivity contribution in [2.45, 2.75) is 23.8 Å². The van der Waals surface area contributed by atoms with Gasteiger partial charge in [0.2, 0.25) is 5.91 Å². The van der Waals surface area contributed by atoms with Gasteiger partial charge in [-0.05, 0) is 25.0 Å². The molecule has 0 N–H and O–H groups in total. The summed E-state index contributed by atoms with van der Waals surface area (Å²) >= 11 is 1.52. The largest absolute Gasteiger partial charge is 0.477 e. The molecule has 2 aromatic rings. The summed E-state index contributed by atoms with van der Waals surface area (Å²) in [4.78, 5) is 27.6. The third kappa shape index (κ3) is 4.82. The van der Waals surface area contributed by atoms with E-state index in [0.29, 0.717) is 24.1 Å². The molecule has 8 heteroatoms. The van der Waals surface area contributed by atoms with Crippen LogP contribution in [0.25, 0.3) is 0 Å². The molecule has 0 aromatic carbocycles. The van der Waals surface area contributed by atoms with Gasteiger partial charge in [-0.1, -0.05) is 0 Å². The third-order valence-corrected chi connectivity index (χ3v) is 4.84. The molecule has 7 nitrogen and oxygen atoms in total. The van der Waals surface area contributed by atoms with E-state index in [1.807, 2.05) is 17.0 Å². The zero-order valence-corrected chi connectivity index (χ0v) is 14.8. The number of pyridine rings is 1. The molecule has 1 fully saturated rings. The van der Waals surface area contributed by atoms with Crippen molar-refractivity contribution < 1.29 is 14.3 Å². The minimum absolute atomic E-state index is 0.103. The van der Waals surface area contributed by atoms with Crippen molar-refractivity contribution in [3.05, 3.63) is 36.9 Å². The molecule has 1 amide bonds. The minimum Gasteiger partial charge on any atom is -0.477 e. The monoisotopic (exact) mass is 360 g/mol. The third-order valence-electron chi connectivity index (χ3n) is 3.85. The average molecular weight is 360 g/mol. The van der Waals surface area contributed by atoms with Gasteiger partial charge >= 0.3 is 0 Å². The average Bonchev–Trinajstić information content (AvgIpc) is 2.67. The summed E-state index contributed by atoms with van der Waals surface area (Å²) < 4.78 is 11.1. The normalized spacial score (nSPS) is 17.2. The van der Waals surface area contributed by atoms with Gasteiger partial charge < -0.3 is 14.4 Å². The van der Waals surface area contributed by atoms with Gasteiger partial charge in [-0.25, -0.2) is 9.97 Å². The summed E-state index contributed by atoms with van der Waals surface area (Å²) in [6.07, 6.45) is 8.25. The van der Waals surface area contributed by atoms with Crippen LogP contribution >= 0.6 is 11.8 Å². The van der Waals surface area contributed by atoms with E-state index in [4.69, 9.17) is 9.47 Å². The molecular formula is C17H20N4O3S. The summed E-state index contributed by atoms with van der Waals surface area (Å²) in [7, 11) is 1.53. The zero-order chi connectivity index (χ0) is 17.5. The fraction of sp³-hybridized carbons (Fsp3) is 0.412. The molecule has 1 atom stereocenters. The maximum atomic E-state index is 12.5. The number of thioether (sulfide) groups is 1. The number of hydrogen-bond acceptors (Lipinski definition) is 7. The van der Waals surface area contributed by atoms with Crippen molar-refractivity contribution in [1.29, 1.82) is 0 Å². The number of nitrogens with zero attached hydrogens (tertiary/aromatic N) is 4. The Balaban J connectivity index is 1.54. The van der Waals surface area contributed by atoms with Gasteiger partial charge in [-0.2, -0.15) is 0 Å². The Labute approximate surface area is 150 Å². The molecule has 1 aliphatic rings. The number of carbonyl (C=O) groups is 1. The van der Waals surface area contributed by atoms with Gasteiger partial charge in [0, 0.05) is 36.2 Å². The first-order valence-electron chi connectivity index (χ1n) is 8.08. The van der Waals surface area contributed by atoms with Crippen LogP contribution in [-0.4, -0.2) is 57.8 Å². The van der Waals surface area contributed by atoms with Crippen LogP contribution in [-0.2, 0) is 4.79 Å². The quantitative estimate of drug-likeness (QED) is 0.730. The van der Waals surface area contributed by atoms with Crippen LogP contribution in [0.1, 0.15) is 12.8 Å². The van der Waals surface area contributed by atoms with E-state index in [1.165, 1.54) is 18.9 Å². The highest BCUT2D eigenvalue weighted by Gasteiger charge is 2.26. The van der Waals surface area contributed by atoms with Crippen molar-refractivity contribution in [1.82, 2.24) is 19.9 Å². The summed E-state index contributed by atoms with van der Waals surface area (Å²) in [5.74, 6) is 1.25. The van der Waals surface area contributed by atoms with Gasteiger partial charge in [0.05, 0.1) is 19.4 Å². The number of ether oxygens (including phenoxy) is 2. The highest BCUT2D eigenvalue weighted by atomic mass is 32.2. The summed E-state index contributed by atoms with van der Waals surface area (Å²) in [6, 6.07) is 3.81. The molecule has 0 spiro atoms. The number of methoxy groups -OCH3 is 1. The van der Waals surface area contributed by atoms with Crippen molar-refractivity contribution in [3.8, 4) is 11.8 Å². The van der Waals surface area contributed by atoms with E-state index in [1.54, 1.807) is 24.8 Å². The van der Waals surface area contributed by atoms with Gasteiger partial charge in [0.15, 0.2) is 0 Å². The van der Waals surface area contributed by atoms with Crippen molar-refractivity contribution >= 4 is 17.7 Å². The molecule has 0 aliphatic carbocycles. The topological polar surface area (TPSA) is 77.4 Å². The number of carbonyl (C=O) groups excluding carboxylic acids is 1. The predicted octanol–water partition coefficient (Wildman–Crippen LogP) is 2.04. The molecule has 1 unspecified atom stereocenters. The zero-order valence-electron chi connectivity index (χ0n) is 14.0. The van der Waals surface area contributed by atoms with Crippen LogP contribution in [0.15, 0.2) is 41.8 Å². The molecule has 0 saturated carbocycles. The van der Waals surface area contributed by atoms with Crippen LogP contribution in [0.3, 0.4) is 0 Å². The predicted molar refractivity (Wildman–Crippen MR) is 93.8 cm³/mol. The molecule has 2 aromatic heterocycles. The molecule has 3 heterocycles. The van der Waals surface area contributed by atoms with Gasteiger partial charge in [-0.3, -0.25) is 9.78 Å². The Bertz CT molecular complexity index is 701. The lowest BCUT2D eigenvalue weighted by Gasteiger charge is -2.32. The van der Waals surface area contributed by atoms with E-state index in [9.17, 15) is 4.79 Å². The molecule has 132 valence electrons. The summed E-state index contributed by atoms with van der Waals surface area (Å²) in [5, 5.41) is 0. The number of likely N-dealkylation sites (tertiary alicyclic amines) is 1. The minimum atomic E-state index is -0.103. The Morgan fingerprint density at radius 1 is 1.24 bits per heavy atom. The number of aromatic nitrogens is 3. The standard InChI is InChI=1S/C17H20N4O3S/c1-23-16-17(20-9-8-19-16)24-13-3-2-10-21(11-13)15(22)12-25-14-4-6-18-7-5-14/h4-9,13H,2-3,10-12H2,1H3. The van der Waals surface area contributed by atoms with Crippen molar-refractivity contribution in [2.24, 2.45) is 0 Å². The molecule has 25 heavy (non-hydrogen) atoms. The molecule has 0 bridgehead atoms. The van der Waals surface area contributed by atoms with Crippen molar-refractivity contribution in [2.75, 3.05) is 26.0 Å². The Hall–Kier alpha value is -2.35. The number of hydrogen-bond donors (Lipinski definition) is 0. The van der Waals surface area contributed by atoms with Crippen molar-refractivity contribution in [3.63, 3.8) is 0 Å². The van der Waals surface area contributed by atoms with Gasteiger partial charge in [0.1, 0.15) is 6.10 Å². The first kappa shape index (κ1) is 17.5. The Kier molecular flexibility index (Phi) is 6.05. The smallest absolute Gasteiger partial charge is 0.278 e. The molecular weight excluding hydrogens is 340 g/mol. The second-order valence-corrected chi connectivity index (χ2v) is 6.61. The van der Waals surface area contributed by atoms with Gasteiger partial charge in [-0.15, -0.1) is 11.8 Å². The second kappa shape index (κ2) is 8.66. The highest BCUT2D eigenvalue weighted by molar-refractivity contribution is 8.00. The lowest BCUT2D eigenvalue weighted by atomic mass is 10.1. The van der Waals surface area contributed by atoms with Crippen LogP contribution < -0.4 is 9.47 Å². The van der Waals surface area contributed by atoms with E-state index in [2.05, 4.69) is 15.0 Å². The summed E-state index contributed by atoms with van der Waals surface area (Å²) in [6.45, 7) is 1.31. The van der Waals surface area contributed by atoms with E-state index in [-0.39, 0.29) is 12.0 Å². The Morgan fingerprint density at radius 3 is 2.76 bits per heavy atom. The van der Waals surface area contributed by atoms with Gasteiger partial charge in [0.25, 0.3) is 11.8 Å². The Morgan fingerprint density at radius 2 is 2.00 bits per heavy atom. The number of piperidine rings is 1. The molecule has 1 saturated heterocycles. The maximum absolute atomic E-state index is 12.5. The number of rotatable bonds is 6. The molecule has 3 rings (SSSR count).